The van der Waals surface area contributed by atoms with Gasteiger partial charge in [-0.3, -0.25) is 4.79 Å². The van der Waals surface area contributed by atoms with Crippen molar-refractivity contribution in [3.05, 3.63) is 30.1 Å². The maximum atomic E-state index is 13.8. The van der Waals surface area contributed by atoms with E-state index in [9.17, 15) is 14.0 Å². The number of urea groups is 1. The van der Waals surface area contributed by atoms with Crippen LogP contribution in [0.1, 0.15) is 13.8 Å². The van der Waals surface area contributed by atoms with Crippen molar-refractivity contribution in [3.63, 3.8) is 0 Å². The molecule has 1 aromatic rings. The molecule has 0 saturated carbocycles. The van der Waals surface area contributed by atoms with E-state index in [0.717, 1.165) is 0 Å². The van der Waals surface area contributed by atoms with Gasteiger partial charge in [0.15, 0.2) is 0 Å². The molecule has 6 nitrogen and oxygen atoms in total. The Bertz CT molecular complexity index is 571. The fraction of sp³-hybridized carbons (Fsp3) is 0.500. The van der Waals surface area contributed by atoms with E-state index in [4.69, 9.17) is 5.73 Å². The van der Waals surface area contributed by atoms with Crippen LogP contribution in [0, 0.1) is 11.7 Å². The zero-order valence-electron chi connectivity index (χ0n) is 13.5. The Kier molecular flexibility index (Phi) is 5.41. The molecule has 0 unspecified atom stereocenters. The van der Waals surface area contributed by atoms with Crippen LogP contribution >= 0.6 is 0 Å². The largest absolute Gasteiger partial charge is 0.366 e. The van der Waals surface area contributed by atoms with E-state index in [2.05, 4.69) is 5.32 Å². The van der Waals surface area contributed by atoms with E-state index in [1.54, 1.807) is 23.1 Å². The minimum atomic E-state index is -0.706. The van der Waals surface area contributed by atoms with Crippen molar-refractivity contribution >= 4 is 17.6 Å². The smallest absolute Gasteiger partial charge is 0.312 e. The fourth-order valence-corrected chi connectivity index (χ4v) is 2.74. The Hall–Kier alpha value is -2.31. The van der Waals surface area contributed by atoms with Crippen molar-refractivity contribution in [2.75, 3.05) is 31.1 Å². The van der Waals surface area contributed by atoms with E-state index in [1.165, 1.54) is 6.07 Å². The molecule has 1 saturated heterocycles. The molecule has 7 heteroatoms. The highest BCUT2D eigenvalue weighted by atomic mass is 19.1. The van der Waals surface area contributed by atoms with Gasteiger partial charge in [0.2, 0.25) is 5.91 Å². The predicted octanol–water partition coefficient (Wildman–Crippen LogP) is 1.17. The van der Waals surface area contributed by atoms with Crippen LogP contribution < -0.4 is 16.0 Å². The van der Waals surface area contributed by atoms with Crippen molar-refractivity contribution in [2.24, 2.45) is 11.7 Å². The average Bonchev–Trinajstić information content (AvgIpc) is 2.52. The maximum Gasteiger partial charge on any atom is 0.312 e. The molecule has 3 N–H and O–H groups in total. The molecule has 23 heavy (non-hydrogen) atoms. The van der Waals surface area contributed by atoms with Crippen molar-refractivity contribution in [2.45, 2.75) is 19.9 Å². The first-order chi connectivity index (χ1) is 10.9. The molecule has 126 valence electrons. The molecule has 1 aliphatic heterocycles. The van der Waals surface area contributed by atoms with Gasteiger partial charge in [-0.15, -0.1) is 0 Å². The number of para-hydroxylation sites is 1. The van der Waals surface area contributed by atoms with Crippen molar-refractivity contribution < 1.29 is 14.0 Å². The molecule has 1 heterocycles. The number of hydrogen-bond acceptors (Lipinski definition) is 3. The molecule has 0 radical (unpaired) electrons. The number of carbonyl (C=O) groups excluding carboxylic acids is 2. The van der Waals surface area contributed by atoms with Crippen LogP contribution in [0.4, 0.5) is 14.9 Å². The number of primary amides is 1. The van der Waals surface area contributed by atoms with Crippen molar-refractivity contribution in [3.8, 4) is 0 Å². The van der Waals surface area contributed by atoms with Gasteiger partial charge in [-0.2, -0.15) is 0 Å². The standard InChI is InChI=1S/C16H23FN4O2/c1-11(2)14(19-16(18)23)15(22)21-9-7-20(8-10-21)13-6-4-3-5-12(13)17/h3-6,11,14H,7-10H2,1-2H3,(H3,18,19,23)/t14-/m0/s1. The van der Waals surface area contributed by atoms with Gasteiger partial charge in [0.1, 0.15) is 11.9 Å². The first-order valence-electron chi connectivity index (χ1n) is 7.74. The average molecular weight is 322 g/mol. The molecule has 1 fully saturated rings. The first-order valence-corrected chi connectivity index (χ1v) is 7.74. The van der Waals surface area contributed by atoms with Gasteiger partial charge in [-0.1, -0.05) is 26.0 Å². The number of nitrogens with zero attached hydrogens (tertiary/aromatic N) is 2. The van der Waals surface area contributed by atoms with Gasteiger partial charge >= 0.3 is 6.03 Å². The molecule has 0 bridgehead atoms. The lowest BCUT2D eigenvalue weighted by atomic mass is 10.0. The number of nitrogens with one attached hydrogen (secondary N) is 1. The zero-order valence-corrected chi connectivity index (χ0v) is 13.5. The highest BCUT2D eigenvalue weighted by Gasteiger charge is 2.30. The van der Waals surface area contributed by atoms with Gasteiger partial charge < -0.3 is 20.9 Å². The molecule has 0 aliphatic carbocycles. The lowest BCUT2D eigenvalue weighted by Crippen LogP contribution is -2.57. The molecule has 1 aliphatic rings. The summed E-state index contributed by atoms with van der Waals surface area (Å²) in [6.45, 7) is 5.78. The van der Waals surface area contributed by atoms with E-state index < -0.39 is 12.1 Å². The number of piperazine rings is 1. The highest BCUT2D eigenvalue weighted by Crippen LogP contribution is 2.20. The molecule has 0 spiro atoms. The Morgan fingerprint density at radius 2 is 1.78 bits per heavy atom. The number of amides is 3. The number of anilines is 1. The number of benzene rings is 1. The third kappa shape index (κ3) is 4.12. The van der Waals surface area contributed by atoms with Crippen LogP contribution in [0.15, 0.2) is 24.3 Å². The van der Waals surface area contributed by atoms with Gasteiger partial charge in [0.05, 0.1) is 5.69 Å². The summed E-state index contributed by atoms with van der Waals surface area (Å²) >= 11 is 0. The number of hydrogen-bond donors (Lipinski definition) is 2. The van der Waals surface area contributed by atoms with Crippen LogP contribution in [0.25, 0.3) is 0 Å². The Morgan fingerprint density at radius 3 is 2.30 bits per heavy atom. The number of nitrogens with two attached hydrogens (primary N) is 1. The monoisotopic (exact) mass is 322 g/mol. The topological polar surface area (TPSA) is 78.7 Å². The fourth-order valence-electron chi connectivity index (χ4n) is 2.74. The quantitative estimate of drug-likeness (QED) is 0.873. The van der Waals surface area contributed by atoms with E-state index in [1.807, 2.05) is 18.7 Å². The van der Waals surface area contributed by atoms with Crippen molar-refractivity contribution in [1.82, 2.24) is 10.2 Å². The van der Waals surface area contributed by atoms with Crippen LogP contribution in [-0.2, 0) is 4.79 Å². The second-order valence-corrected chi connectivity index (χ2v) is 5.99. The summed E-state index contributed by atoms with van der Waals surface area (Å²) in [5.74, 6) is -0.464. The van der Waals surface area contributed by atoms with E-state index in [-0.39, 0.29) is 17.6 Å². The highest BCUT2D eigenvalue weighted by molar-refractivity contribution is 5.87. The summed E-state index contributed by atoms with van der Waals surface area (Å²) in [6.07, 6.45) is 0. The maximum absolute atomic E-state index is 13.8. The summed E-state index contributed by atoms with van der Waals surface area (Å²) < 4.78 is 13.8. The summed E-state index contributed by atoms with van der Waals surface area (Å²) in [5, 5.41) is 2.50. The van der Waals surface area contributed by atoms with Crippen LogP contribution in [-0.4, -0.2) is 49.1 Å². The number of rotatable bonds is 4. The summed E-state index contributed by atoms with van der Waals surface area (Å²) in [7, 11) is 0. The SMILES string of the molecule is CC(C)[C@H](NC(N)=O)C(=O)N1CCN(c2ccccc2F)CC1. The third-order valence-corrected chi connectivity index (χ3v) is 4.01. The molecule has 2 rings (SSSR count). The summed E-state index contributed by atoms with van der Waals surface area (Å²) in [4.78, 5) is 27.2. The van der Waals surface area contributed by atoms with Gasteiger partial charge in [0, 0.05) is 26.2 Å². The Balaban J connectivity index is 1.99. The lowest BCUT2D eigenvalue weighted by molar-refractivity contribution is -0.134. The summed E-state index contributed by atoms with van der Waals surface area (Å²) in [5.41, 5.74) is 5.69. The van der Waals surface area contributed by atoms with Crippen molar-refractivity contribution in [1.29, 1.82) is 0 Å². The van der Waals surface area contributed by atoms with E-state index >= 15 is 0 Å². The number of carbonyl (C=O) groups is 2. The predicted molar refractivity (Wildman–Crippen MR) is 86.5 cm³/mol. The normalized spacial score (nSPS) is 16.3. The van der Waals surface area contributed by atoms with Gasteiger partial charge in [-0.05, 0) is 18.1 Å². The van der Waals surface area contributed by atoms with Crippen LogP contribution in [0.2, 0.25) is 0 Å². The zero-order chi connectivity index (χ0) is 17.0. The second kappa shape index (κ2) is 7.30. The van der Waals surface area contributed by atoms with Crippen LogP contribution in [0.3, 0.4) is 0 Å². The second-order valence-electron chi connectivity index (χ2n) is 5.99. The number of halogens is 1. The molecular formula is C16H23FN4O2. The summed E-state index contributed by atoms with van der Waals surface area (Å²) in [6, 6.07) is 5.27. The Labute approximate surface area is 135 Å². The van der Waals surface area contributed by atoms with Gasteiger partial charge in [0.25, 0.3) is 0 Å². The minimum absolute atomic E-state index is 0.0559. The van der Waals surface area contributed by atoms with Gasteiger partial charge in [-0.25, -0.2) is 9.18 Å². The molecule has 1 aromatic carbocycles. The molecular weight excluding hydrogens is 299 g/mol. The molecule has 0 aromatic heterocycles. The van der Waals surface area contributed by atoms with E-state index in [0.29, 0.717) is 31.9 Å². The molecule has 1 atom stereocenters. The molecule has 3 amide bonds. The Morgan fingerprint density at radius 1 is 1.17 bits per heavy atom. The lowest BCUT2D eigenvalue weighted by Gasteiger charge is -2.38. The minimum Gasteiger partial charge on any atom is -0.366 e. The van der Waals surface area contributed by atoms with Crippen LogP contribution in [0.5, 0.6) is 0 Å². The third-order valence-electron chi connectivity index (χ3n) is 4.01. The first kappa shape index (κ1) is 17.1.